The second-order valence-corrected chi connectivity index (χ2v) is 6.44. The minimum Gasteiger partial charge on any atom is -0.354 e. The normalized spacial score (nSPS) is 19.9. The molecule has 1 N–H and O–H groups in total. The molecule has 0 spiro atoms. The molecule has 1 amide bonds. The van der Waals surface area contributed by atoms with E-state index in [0.29, 0.717) is 6.54 Å². The Morgan fingerprint density at radius 3 is 2.47 bits per heavy atom. The van der Waals surface area contributed by atoms with E-state index in [0.717, 1.165) is 0 Å². The lowest BCUT2D eigenvalue weighted by molar-refractivity contribution is -0.124. The molecule has 1 rings (SSSR count). The molecule has 1 fully saturated rings. The highest BCUT2D eigenvalue weighted by molar-refractivity contribution is 8.00. The van der Waals surface area contributed by atoms with Crippen LogP contribution in [0, 0.1) is 23.2 Å². The van der Waals surface area contributed by atoms with Gasteiger partial charge in [-0.15, -0.1) is 0 Å². The van der Waals surface area contributed by atoms with E-state index < -0.39 is 5.92 Å². The van der Waals surface area contributed by atoms with Gasteiger partial charge in [-0.05, 0) is 25.0 Å². The Morgan fingerprint density at radius 1 is 1.47 bits per heavy atom. The van der Waals surface area contributed by atoms with Gasteiger partial charge >= 0.3 is 0 Å². The van der Waals surface area contributed by atoms with Crippen molar-refractivity contribution in [3.8, 4) is 6.07 Å². The number of nitrogens with one attached hydrogen (secondary N) is 1. The van der Waals surface area contributed by atoms with Crippen LogP contribution in [-0.4, -0.2) is 23.5 Å². The van der Waals surface area contributed by atoms with Crippen molar-refractivity contribution < 1.29 is 4.79 Å². The van der Waals surface area contributed by atoms with Gasteiger partial charge in [0.05, 0.1) is 6.07 Å². The number of carbonyl (C=O) groups is 1. The first kappa shape index (κ1) is 14.4. The average Bonchev–Trinajstić information content (AvgIpc) is 2.76. The van der Waals surface area contributed by atoms with Crippen molar-refractivity contribution in [2.45, 2.75) is 44.3 Å². The molecule has 17 heavy (non-hydrogen) atoms. The molecule has 1 unspecified atom stereocenters. The third kappa shape index (κ3) is 3.64. The summed E-state index contributed by atoms with van der Waals surface area (Å²) in [4.78, 5) is 11.9. The van der Waals surface area contributed by atoms with Crippen LogP contribution in [0.5, 0.6) is 0 Å². The molecule has 0 heterocycles. The minimum atomic E-state index is -0.518. The molecular weight excluding hydrogens is 232 g/mol. The number of rotatable bonds is 5. The first-order chi connectivity index (χ1) is 8.04. The molecule has 0 aromatic carbocycles. The number of hydrogen-bond acceptors (Lipinski definition) is 3. The fourth-order valence-corrected chi connectivity index (χ4v) is 3.25. The van der Waals surface area contributed by atoms with Gasteiger partial charge in [0.15, 0.2) is 0 Å². The Morgan fingerprint density at radius 2 is 2.06 bits per heavy atom. The smallest absolute Gasteiger partial charge is 0.237 e. The number of nitrogens with zero attached hydrogens (tertiary/aromatic N) is 1. The molecule has 1 atom stereocenters. The highest BCUT2D eigenvalue weighted by Crippen LogP contribution is 2.39. The van der Waals surface area contributed by atoms with E-state index in [1.165, 1.54) is 25.7 Å². The maximum Gasteiger partial charge on any atom is 0.237 e. The Bertz CT molecular complexity index is 303. The SMILES string of the molecule is CSC1(CNC(=O)C(C#N)C(C)C)CCCC1. The number of thioether (sulfide) groups is 1. The molecule has 1 aliphatic carbocycles. The monoisotopic (exact) mass is 254 g/mol. The van der Waals surface area contributed by atoms with Crippen molar-refractivity contribution >= 4 is 17.7 Å². The molecule has 96 valence electrons. The lowest BCUT2D eigenvalue weighted by atomic mass is 9.96. The maximum atomic E-state index is 11.9. The summed E-state index contributed by atoms with van der Waals surface area (Å²) in [5.41, 5.74) is 0. The zero-order valence-electron chi connectivity index (χ0n) is 11.0. The summed E-state index contributed by atoms with van der Waals surface area (Å²) < 4.78 is 0.215. The molecule has 0 radical (unpaired) electrons. The lowest BCUT2D eigenvalue weighted by Gasteiger charge is -2.27. The second-order valence-electron chi connectivity index (χ2n) is 5.16. The Balaban J connectivity index is 2.50. The first-order valence-corrected chi connectivity index (χ1v) is 7.49. The van der Waals surface area contributed by atoms with E-state index in [4.69, 9.17) is 5.26 Å². The van der Waals surface area contributed by atoms with E-state index in [9.17, 15) is 4.79 Å². The third-order valence-electron chi connectivity index (χ3n) is 3.62. The lowest BCUT2D eigenvalue weighted by Crippen LogP contribution is -2.41. The number of amides is 1. The fourth-order valence-electron chi connectivity index (χ4n) is 2.34. The van der Waals surface area contributed by atoms with Gasteiger partial charge in [0.2, 0.25) is 5.91 Å². The van der Waals surface area contributed by atoms with E-state index in [-0.39, 0.29) is 16.6 Å². The quantitative estimate of drug-likeness (QED) is 0.820. The van der Waals surface area contributed by atoms with E-state index in [1.807, 2.05) is 25.6 Å². The van der Waals surface area contributed by atoms with Crippen molar-refractivity contribution in [2.75, 3.05) is 12.8 Å². The minimum absolute atomic E-state index is 0.0776. The molecule has 1 aliphatic rings. The molecular formula is C13H22N2OS. The Hall–Kier alpha value is -0.690. The van der Waals surface area contributed by atoms with Crippen LogP contribution in [0.3, 0.4) is 0 Å². The van der Waals surface area contributed by atoms with Gasteiger partial charge in [0.1, 0.15) is 5.92 Å². The second kappa shape index (κ2) is 6.30. The summed E-state index contributed by atoms with van der Waals surface area (Å²) in [6, 6.07) is 2.09. The molecule has 0 aliphatic heterocycles. The predicted molar refractivity (Wildman–Crippen MR) is 71.7 cm³/mol. The van der Waals surface area contributed by atoms with Crippen LogP contribution in [0.2, 0.25) is 0 Å². The van der Waals surface area contributed by atoms with E-state index in [1.54, 1.807) is 0 Å². The van der Waals surface area contributed by atoms with Gasteiger partial charge in [-0.25, -0.2) is 0 Å². The van der Waals surface area contributed by atoms with Crippen molar-refractivity contribution in [1.82, 2.24) is 5.32 Å². The summed E-state index contributed by atoms with van der Waals surface area (Å²) in [5, 5.41) is 11.9. The van der Waals surface area contributed by atoms with Gasteiger partial charge in [-0.1, -0.05) is 26.7 Å². The number of carbonyl (C=O) groups excluding carboxylic acids is 1. The van der Waals surface area contributed by atoms with Gasteiger partial charge in [0.25, 0.3) is 0 Å². The van der Waals surface area contributed by atoms with Crippen LogP contribution in [0.15, 0.2) is 0 Å². The van der Waals surface area contributed by atoms with Crippen LogP contribution in [0.4, 0.5) is 0 Å². The van der Waals surface area contributed by atoms with Crippen molar-refractivity contribution in [3.63, 3.8) is 0 Å². The molecule has 0 aromatic heterocycles. The highest BCUT2D eigenvalue weighted by Gasteiger charge is 2.34. The van der Waals surface area contributed by atoms with E-state index >= 15 is 0 Å². The van der Waals surface area contributed by atoms with Gasteiger partial charge in [-0.2, -0.15) is 17.0 Å². The third-order valence-corrected chi connectivity index (χ3v) is 5.04. The first-order valence-electron chi connectivity index (χ1n) is 6.27. The fraction of sp³-hybridized carbons (Fsp3) is 0.846. The van der Waals surface area contributed by atoms with Gasteiger partial charge < -0.3 is 5.32 Å². The number of hydrogen-bond donors (Lipinski definition) is 1. The van der Waals surface area contributed by atoms with Gasteiger partial charge in [0, 0.05) is 11.3 Å². The average molecular weight is 254 g/mol. The molecule has 1 saturated carbocycles. The standard InChI is InChI=1S/C13H22N2OS/c1-10(2)11(8-14)12(16)15-9-13(17-3)6-4-5-7-13/h10-11H,4-7,9H2,1-3H3,(H,15,16). The summed E-state index contributed by atoms with van der Waals surface area (Å²) in [6.07, 6.45) is 6.97. The molecule has 0 bridgehead atoms. The van der Waals surface area contributed by atoms with Crippen molar-refractivity contribution in [2.24, 2.45) is 11.8 Å². The van der Waals surface area contributed by atoms with E-state index in [2.05, 4.69) is 17.6 Å². The summed E-state index contributed by atoms with van der Waals surface area (Å²) in [7, 11) is 0. The van der Waals surface area contributed by atoms with Crippen LogP contribution in [0.25, 0.3) is 0 Å². The highest BCUT2D eigenvalue weighted by atomic mass is 32.2. The van der Waals surface area contributed by atoms with Crippen molar-refractivity contribution in [3.05, 3.63) is 0 Å². The zero-order chi connectivity index (χ0) is 12.9. The number of nitriles is 1. The van der Waals surface area contributed by atoms with Crippen molar-refractivity contribution in [1.29, 1.82) is 5.26 Å². The topological polar surface area (TPSA) is 52.9 Å². The molecule has 0 saturated heterocycles. The maximum absolute atomic E-state index is 11.9. The van der Waals surface area contributed by atoms with Gasteiger partial charge in [-0.3, -0.25) is 4.79 Å². The molecule has 3 nitrogen and oxygen atoms in total. The van der Waals surface area contributed by atoms with Crippen LogP contribution < -0.4 is 5.32 Å². The Labute approximate surface area is 108 Å². The van der Waals surface area contributed by atoms with Crippen LogP contribution in [0.1, 0.15) is 39.5 Å². The largest absolute Gasteiger partial charge is 0.354 e. The summed E-state index contributed by atoms with van der Waals surface area (Å²) in [6.45, 7) is 4.53. The zero-order valence-corrected chi connectivity index (χ0v) is 11.8. The van der Waals surface area contributed by atoms with Crippen LogP contribution in [-0.2, 0) is 4.79 Å². The summed E-state index contributed by atoms with van der Waals surface area (Å²) >= 11 is 1.85. The van der Waals surface area contributed by atoms with Crippen LogP contribution >= 0.6 is 11.8 Å². The summed E-state index contributed by atoms with van der Waals surface area (Å²) in [5.74, 6) is -0.549. The molecule has 0 aromatic rings. The predicted octanol–water partition coefficient (Wildman–Crippen LogP) is 2.57. The Kier molecular flexibility index (Phi) is 5.32. The molecule has 4 heteroatoms.